The standard InChI is InChI=1S/C9H13FN2O2S/c1-2-5-15(13,14)12-9-4-3-7(11)6-8(9)10/h3-4,6,12H,2,5,11H2,1H3. The third-order valence-corrected chi connectivity index (χ3v) is 3.21. The molecule has 1 aromatic rings. The maximum absolute atomic E-state index is 13.2. The van der Waals surface area contributed by atoms with Gasteiger partial charge in [-0.25, -0.2) is 12.8 Å². The Morgan fingerprint density at radius 1 is 1.47 bits per heavy atom. The van der Waals surface area contributed by atoms with E-state index in [0.717, 1.165) is 6.07 Å². The molecular weight excluding hydrogens is 219 g/mol. The summed E-state index contributed by atoms with van der Waals surface area (Å²) in [6.45, 7) is 1.73. The van der Waals surface area contributed by atoms with Crippen LogP contribution in [0.3, 0.4) is 0 Å². The third-order valence-electron chi connectivity index (χ3n) is 1.73. The van der Waals surface area contributed by atoms with Crippen LogP contribution < -0.4 is 10.5 Å². The largest absolute Gasteiger partial charge is 0.399 e. The Hall–Kier alpha value is -1.30. The molecule has 6 heteroatoms. The second-order valence-electron chi connectivity index (χ2n) is 3.16. The van der Waals surface area contributed by atoms with Gasteiger partial charge in [-0.15, -0.1) is 0 Å². The number of hydrogen-bond acceptors (Lipinski definition) is 3. The highest BCUT2D eigenvalue weighted by molar-refractivity contribution is 7.92. The maximum atomic E-state index is 13.2. The van der Waals surface area contributed by atoms with Crippen LogP contribution in [0.2, 0.25) is 0 Å². The van der Waals surface area contributed by atoms with Gasteiger partial charge in [0.05, 0.1) is 11.4 Å². The molecule has 0 unspecified atom stereocenters. The Balaban J connectivity index is 2.90. The Labute approximate surface area is 88.3 Å². The zero-order valence-electron chi connectivity index (χ0n) is 8.33. The first-order valence-corrected chi connectivity index (χ1v) is 6.15. The average Bonchev–Trinajstić information content (AvgIpc) is 2.09. The van der Waals surface area contributed by atoms with Crippen LogP contribution in [0.5, 0.6) is 0 Å². The molecule has 0 amide bonds. The van der Waals surface area contributed by atoms with Gasteiger partial charge >= 0.3 is 0 Å². The summed E-state index contributed by atoms with van der Waals surface area (Å²) in [6, 6.07) is 3.81. The van der Waals surface area contributed by atoms with Gasteiger partial charge in [0.2, 0.25) is 10.0 Å². The van der Waals surface area contributed by atoms with Crippen LogP contribution in [0.1, 0.15) is 13.3 Å². The van der Waals surface area contributed by atoms with Crippen molar-refractivity contribution in [3.63, 3.8) is 0 Å². The van der Waals surface area contributed by atoms with E-state index in [1.165, 1.54) is 12.1 Å². The molecular formula is C9H13FN2O2S. The number of nitrogens with two attached hydrogens (primary N) is 1. The van der Waals surface area contributed by atoms with Gasteiger partial charge in [0.1, 0.15) is 5.82 Å². The topological polar surface area (TPSA) is 72.2 Å². The minimum atomic E-state index is -3.45. The Bertz CT molecular complexity index is 445. The van der Waals surface area contributed by atoms with E-state index in [1.54, 1.807) is 6.92 Å². The molecule has 1 rings (SSSR count). The summed E-state index contributed by atoms with van der Waals surface area (Å²) >= 11 is 0. The second kappa shape index (κ2) is 4.48. The minimum absolute atomic E-state index is 0.0309. The van der Waals surface area contributed by atoms with Crippen LogP contribution in [0.15, 0.2) is 18.2 Å². The molecule has 0 fully saturated rings. The summed E-state index contributed by atoms with van der Waals surface area (Å²) in [5.41, 5.74) is 5.52. The molecule has 84 valence electrons. The van der Waals surface area contributed by atoms with E-state index < -0.39 is 15.8 Å². The van der Waals surface area contributed by atoms with Crippen molar-refractivity contribution in [2.75, 3.05) is 16.2 Å². The zero-order valence-corrected chi connectivity index (χ0v) is 9.14. The minimum Gasteiger partial charge on any atom is -0.399 e. The van der Waals surface area contributed by atoms with Crippen LogP contribution in [0, 0.1) is 5.82 Å². The first-order chi connectivity index (χ1) is 6.94. The van der Waals surface area contributed by atoms with Crippen molar-refractivity contribution in [2.24, 2.45) is 0 Å². The Kier molecular flexibility index (Phi) is 3.52. The predicted molar refractivity (Wildman–Crippen MR) is 58.5 cm³/mol. The van der Waals surface area contributed by atoms with Crippen molar-refractivity contribution in [3.05, 3.63) is 24.0 Å². The number of anilines is 2. The first kappa shape index (κ1) is 11.8. The number of rotatable bonds is 4. The molecule has 0 aliphatic heterocycles. The summed E-state index contributed by atoms with van der Waals surface area (Å²) < 4.78 is 38.0. The summed E-state index contributed by atoms with van der Waals surface area (Å²) in [4.78, 5) is 0. The van der Waals surface area contributed by atoms with E-state index in [2.05, 4.69) is 4.72 Å². The number of nitrogens with one attached hydrogen (secondary N) is 1. The normalized spacial score (nSPS) is 11.3. The summed E-state index contributed by atoms with van der Waals surface area (Å²) in [5, 5.41) is 0. The van der Waals surface area contributed by atoms with Gasteiger partial charge in [0.15, 0.2) is 0 Å². The van der Waals surface area contributed by atoms with Gasteiger partial charge in [0, 0.05) is 5.69 Å². The van der Waals surface area contributed by atoms with Crippen LogP contribution >= 0.6 is 0 Å². The van der Waals surface area contributed by atoms with E-state index in [9.17, 15) is 12.8 Å². The van der Waals surface area contributed by atoms with Gasteiger partial charge in [-0.1, -0.05) is 6.92 Å². The number of nitrogen functional groups attached to an aromatic ring is 1. The smallest absolute Gasteiger partial charge is 0.232 e. The fraction of sp³-hybridized carbons (Fsp3) is 0.333. The van der Waals surface area contributed by atoms with Crippen LogP contribution in [-0.2, 0) is 10.0 Å². The summed E-state index contributed by atoms with van der Waals surface area (Å²) in [5.74, 6) is -0.703. The molecule has 15 heavy (non-hydrogen) atoms. The van der Waals surface area contributed by atoms with E-state index in [-0.39, 0.29) is 17.1 Å². The molecule has 0 aliphatic carbocycles. The van der Waals surface area contributed by atoms with Gasteiger partial charge in [0.25, 0.3) is 0 Å². The monoisotopic (exact) mass is 232 g/mol. The van der Waals surface area contributed by atoms with Crippen molar-refractivity contribution < 1.29 is 12.8 Å². The second-order valence-corrected chi connectivity index (χ2v) is 5.00. The molecule has 0 bridgehead atoms. The molecule has 0 atom stereocenters. The SMILES string of the molecule is CCCS(=O)(=O)Nc1ccc(N)cc1F. The van der Waals surface area contributed by atoms with Crippen molar-refractivity contribution in [3.8, 4) is 0 Å². The maximum Gasteiger partial charge on any atom is 0.232 e. The molecule has 1 aromatic carbocycles. The van der Waals surface area contributed by atoms with Gasteiger partial charge in [-0.2, -0.15) is 0 Å². The lowest BCUT2D eigenvalue weighted by Gasteiger charge is -2.08. The van der Waals surface area contributed by atoms with E-state index >= 15 is 0 Å². The molecule has 3 N–H and O–H groups in total. The lowest BCUT2D eigenvalue weighted by molar-refractivity contribution is 0.597. The van der Waals surface area contributed by atoms with Crippen LogP contribution in [0.4, 0.5) is 15.8 Å². The molecule has 0 radical (unpaired) electrons. The van der Waals surface area contributed by atoms with E-state index in [0.29, 0.717) is 6.42 Å². The van der Waals surface area contributed by atoms with Crippen molar-refractivity contribution in [2.45, 2.75) is 13.3 Å². The molecule has 0 spiro atoms. The number of halogens is 1. The van der Waals surface area contributed by atoms with Crippen molar-refractivity contribution in [1.82, 2.24) is 0 Å². The van der Waals surface area contributed by atoms with Crippen LogP contribution in [-0.4, -0.2) is 14.2 Å². The van der Waals surface area contributed by atoms with E-state index in [1.807, 2.05) is 0 Å². The average molecular weight is 232 g/mol. The van der Waals surface area contributed by atoms with E-state index in [4.69, 9.17) is 5.73 Å². The number of benzene rings is 1. The van der Waals surface area contributed by atoms with Gasteiger partial charge in [-0.3, -0.25) is 4.72 Å². The summed E-state index contributed by atoms with van der Waals surface area (Å²) in [7, 11) is -3.45. The first-order valence-electron chi connectivity index (χ1n) is 4.50. The zero-order chi connectivity index (χ0) is 11.5. The van der Waals surface area contributed by atoms with Crippen molar-refractivity contribution in [1.29, 1.82) is 0 Å². The lowest BCUT2D eigenvalue weighted by atomic mass is 10.3. The molecule has 4 nitrogen and oxygen atoms in total. The van der Waals surface area contributed by atoms with Crippen LogP contribution in [0.25, 0.3) is 0 Å². The quantitative estimate of drug-likeness (QED) is 0.774. The predicted octanol–water partition coefficient (Wildman–Crippen LogP) is 1.56. The highest BCUT2D eigenvalue weighted by Gasteiger charge is 2.11. The van der Waals surface area contributed by atoms with Gasteiger partial charge < -0.3 is 5.73 Å². The molecule has 0 aromatic heterocycles. The molecule has 0 saturated heterocycles. The fourth-order valence-corrected chi connectivity index (χ4v) is 2.24. The molecule has 0 heterocycles. The van der Waals surface area contributed by atoms with Crippen molar-refractivity contribution >= 4 is 21.4 Å². The summed E-state index contributed by atoms with van der Waals surface area (Å²) in [6.07, 6.45) is 0.478. The fourth-order valence-electron chi connectivity index (χ4n) is 1.10. The third kappa shape index (κ3) is 3.39. The highest BCUT2D eigenvalue weighted by Crippen LogP contribution is 2.18. The lowest BCUT2D eigenvalue weighted by Crippen LogP contribution is -2.17. The molecule has 0 aliphatic rings. The Morgan fingerprint density at radius 2 is 2.13 bits per heavy atom. The Morgan fingerprint density at radius 3 is 2.67 bits per heavy atom. The highest BCUT2D eigenvalue weighted by atomic mass is 32.2. The number of sulfonamides is 1. The van der Waals surface area contributed by atoms with Gasteiger partial charge in [-0.05, 0) is 24.6 Å². The number of hydrogen-bond donors (Lipinski definition) is 2. The molecule has 0 saturated carbocycles.